The maximum absolute atomic E-state index is 11.0. The molecule has 0 aliphatic carbocycles. The first-order valence-corrected chi connectivity index (χ1v) is 9.39. The van der Waals surface area contributed by atoms with Gasteiger partial charge in [-0.2, -0.15) is 0 Å². The van der Waals surface area contributed by atoms with Gasteiger partial charge in [0, 0.05) is 0 Å². The molecule has 4 aromatic carbocycles. The summed E-state index contributed by atoms with van der Waals surface area (Å²) in [4.78, 5) is 22.0. The smallest absolute Gasteiger partial charge is 0.335 e. The van der Waals surface area contributed by atoms with Crippen molar-refractivity contribution >= 4 is 11.9 Å². The van der Waals surface area contributed by atoms with E-state index in [0.29, 0.717) is 0 Å². The van der Waals surface area contributed by atoms with Crippen LogP contribution in [-0.2, 0) is 0 Å². The van der Waals surface area contributed by atoms with Crippen LogP contribution in [0.1, 0.15) is 20.7 Å². The molecule has 0 amide bonds. The van der Waals surface area contributed by atoms with Gasteiger partial charge in [0.1, 0.15) is 0 Å². The van der Waals surface area contributed by atoms with E-state index in [9.17, 15) is 9.59 Å². The Morgan fingerprint density at radius 3 is 0.700 bits per heavy atom. The molecule has 2 N–H and O–H groups in total. The second kappa shape index (κ2) is 8.05. The number of hydrogen-bond acceptors (Lipinski definition) is 2. The van der Waals surface area contributed by atoms with Crippen LogP contribution in [0.25, 0.3) is 33.4 Å². The fourth-order valence-corrected chi connectivity index (χ4v) is 3.32. The lowest BCUT2D eigenvalue weighted by Crippen LogP contribution is -1.95. The summed E-state index contributed by atoms with van der Waals surface area (Å²) in [6.07, 6.45) is 0. The van der Waals surface area contributed by atoms with Crippen LogP contribution in [0, 0.1) is 0 Å². The molecule has 4 heteroatoms. The third-order valence-corrected chi connectivity index (χ3v) is 5.03. The van der Waals surface area contributed by atoms with Gasteiger partial charge in [0.25, 0.3) is 0 Å². The highest BCUT2D eigenvalue weighted by Crippen LogP contribution is 2.28. The molecule has 4 aromatic rings. The van der Waals surface area contributed by atoms with Crippen molar-refractivity contribution in [1.82, 2.24) is 0 Å². The van der Waals surface area contributed by atoms with E-state index in [-0.39, 0.29) is 11.1 Å². The summed E-state index contributed by atoms with van der Waals surface area (Å²) in [5, 5.41) is 18.0. The number of aromatic carboxylic acids is 2. The topological polar surface area (TPSA) is 74.6 Å². The van der Waals surface area contributed by atoms with Crippen molar-refractivity contribution < 1.29 is 19.8 Å². The third kappa shape index (κ3) is 3.98. The molecule has 30 heavy (non-hydrogen) atoms. The number of hydrogen-bond donors (Lipinski definition) is 2. The monoisotopic (exact) mass is 394 g/mol. The van der Waals surface area contributed by atoms with Gasteiger partial charge < -0.3 is 10.2 Å². The van der Waals surface area contributed by atoms with E-state index in [1.54, 1.807) is 24.3 Å². The number of carbonyl (C=O) groups is 2. The minimum Gasteiger partial charge on any atom is -0.478 e. The molecule has 0 radical (unpaired) electrons. The normalized spacial score (nSPS) is 10.5. The molecule has 0 spiro atoms. The van der Waals surface area contributed by atoms with Gasteiger partial charge in [0.2, 0.25) is 0 Å². The van der Waals surface area contributed by atoms with Crippen LogP contribution < -0.4 is 0 Å². The van der Waals surface area contributed by atoms with E-state index in [2.05, 4.69) is 0 Å². The van der Waals surface area contributed by atoms with E-state index in [4.69, 9.17) is 10.2 Å². The summed E-state index contributed by atoms with van der Waals surface area (Å²) in [6, 6.07) is 29.9. The van der Waals surface area contributed by atoms with Crippen molar-refractivity contribution in [2.24, 2.45) is 0 Å². The first-order valence-electron chi connectivity index (χ1n) is 9.39. The van der Waals surface area contributed by atoms with Crippen molar-refractivity contribution in [2.45, 2.75) is 0 Å². The van der Waals surface area contributed by atoms with E-state index < -0.39 is 11.9 Å². The summed E-state index contributed by atoms with van der Waals surface area (Å²) in [7, 11) is 0. The van der Waals surface area contributed by atoms with Crippen LogP contribution in [0.15, 0.2) is 97.1 Å². The molecule has 0 fully saturated rings. The molecule has 0 saturated carbocycles. The van der Waals surface area contributed by atoms with Crippen LogP contribution in [0.5, 0.6) is 0 Å². The molecule has 0 unspecified atom stereocenters. The fraction of sp³-hybridized carbons (Fsp3) is 0. The average molecular weight is 394 g/mol. The Bertz CT molecular complexity index is 1090. The van der Waals surface area contributed by atoms with Gasteiger partial charge in [0.15, 0.2) is 0 Å². The molecule has 0 atom stereocenters. The molecular formula is C26H18O4. The van der Waals surface area contributed by atoms with Gasteiger partial charge in [-0.25, -0.2) is 9.59 Å². The van der Waals surface area contributed by atoms with Crippen molar-refractivity contribution in [2.75, 3.05) is 0 Å². The quantitative estimate of drug-likeness (QED) is 0.430. The first-order chi connectivity index (χ1) is 14.5. The molecule has 4 rings (SSSR count). The third-order valence-electron chi connectivity index (χ3n) is 5.03. The van der Waals surface area contributed by atoms with Gasteiger partial charge in [0.05, 0.1) is 11.1 Å². The Kier molecular flexibility index (Phi) is 5.14. The molecular weight excluding hydrogens is 376 g/mol. The molecule has 0 aliphatic heterocycles. The Balaban J connectivity index is 1.53. The molecule has 146 valence electrons. The number of benzene rings is 4. The standard InChI is InChI=1S/C26H18O4/c27-25(28)23-13-9-21(10-14-23)19-5-1-17(2-6-19)18-3-7-20(8-4-18)22-11-15-24(16-12-22)26(29)30/h1-16H,(H,27,28)(H,29,30). The maximum Gasteiger partial charge on any atom is 0.335 e. The highest BCUT2D eigenvalue weighted by Gasteiger charge is 2.06. The fourth-order valence-electron chi connectivity index (χ4n) is 3.32. The average Bonchev–Trinajstić information content (AvgIpc) is 2.79. The van der Waals surface area contributed by atoms with E-state index in [1.165, 1.54) is 0 Å². The van der Waals surface area contributed by atoms with Crippen LogP contribution in [0.3, 0.4) is 0 Å². The molecule has 4 nitrogen and oxygen atoms in total. The Morgan fingerprint density at radius 1 is 0.367 bits per heavy atom. The Hall–Kier alpha value is -4.18. The van der Waals surface area contributed by atoms with Crippen molar-refractivity contribution in [3.05, 3.63) is 108 Å². The molecule has 0 heterocycles. The lowest BCUT2D eigenvalue weighted by Gasteiger charge is -2.07. The van der Waals surface area contributed by atoms with Crippen molar-refractivity contribution in [3.8, 4) is 33.4 Å². The lowest BCUT2D eigenvalue weighted by molar-refractivity contribution is 0.0686. The number of carboxylic acids is 2. The first kappa shape index (κ1) is 19.2. The summed E-state index contributed by atoms with van der Waals surface area (Å²) >= 11 is 0. The van der Waals surface area contributed by atoms with Crippen LogP contribution >= 0.6 is 0 Å². The second-order valence-electron chi connectivity index (χ2n) is 6.92. The van der Waals surface area contributed by atoms with E-state index in [0.717, 1.165) is 33.4 Å². The molecule has 0 aliphatic rings. The van der Waals surface area contributed by atoms with Gasteiger partial charge in [-0.15, -0.1) is 0 Å². The predicted octanol–water partition coefficient (Wildman–Crippen LogP) is 6.08. The lowest BCUT2D eigenvalue weighted by atomic mass is 9.97. The summed E-state index contributed by atoms with van der Waals surface area (Å²) in [5.41, 5.74) is 6.67. The largest absolute Gasteiger partial charge is 0.478 e. The summed E-state index contributed by atoms with van der Waals surface area (Å²) in [6.45, 7) is 0. The minimum atomic E-state index is -0.932. The molecule has 0 bridgehead atoms. The maximum atomic E-state index is 11.0. The van der Waals surface area contributed by atoms with Gasteiger partial charge in [-0.05, 0) is 57.6 Å². The van der Waals surface area contributed by atoms with Crippen molar-refractivity contribution in [3.63, 3.8) is 0 Å². The Labute approximate surface area is 173 Å². The SMILES string of the molecule is O=C(O)c1ccc(-c2ccc(-c3ccc(-c4ccc(C(=O)O)cc4)cc3)cc2)cc1. The van der Waals surface area contributed by atoms with Gasteiger partial charge in [-0.3, -0.25) is 0 Å². The minimum absolute atomic E-state index is 0.271. The zero-order chi connectivity index (χ0) is 21.1. The predicted molar refractivity (Wildman–Crippen MR) is 117 cm³/mol. The van der Waals surface area contributed by atoms with Crippen LogP contribution in [0.4, 0.5) is 0 Å². The van der Waals surface area contributed by atoms with E-state index in [1.807, 2.05) is 72.8 Å². The highest BCUT2D eigenvalue weighted by atomic mass is 16.4. The Morgan fingerprint density at radius 2 is 0.533 bits per heavy atom. The highest BCUT2D eigenvalue weighted by molar-refractivity contribution is 5.89. The second-order valence-corrected chi connectivity index (χ2v) is 6.92. The van der Waals surface area contributed by atoms with Crippen molar-refractivity contribution in [1.29, 1.82) is 0 Å². The van der Waals surface area contributed by atoms with E-state index >= 15 is 0 Å². The summed E-state index contributed by atoms with van der Waals surface area (Å²) < 4.78 is 0. The van der Waals surface area contributed by atoms with Crippen LogP contribution in [0.2, 0.25) is 0 Å². The summed E-state index contributed by atoms with van der Waals surface area (Å²) in [5.74, 6) is -1.86. The molecule has 0 aromatic heterocycles. The zero-order valence-corrected chi connectivity index (χ0v) is 15.9. The van der Waals surface area contributed by atoms with Gasteiger partial charge in [-0.1, -0.05) is 72.8 Å². The van der Waals surface area contributed by atoms with Gasteiger partial charge >= 0.3 is 11.9 Å². The number of carboxylic acid groups (broad SMARTS) is 2. The zero-order valence-electron chi connectivity index (χ0n) is 15.9. The number of rotatable bonds is 5. The molecule has 0 saturated heterocycles. The van der Waals surface area contributed by atoms with Crippen LogP contribution in [-0.4, -0.2) is 22.2 Å².